The van der Waals surface area contributed by atoms with Crippen molar-refractivity contribution < 1.29 is 13.2 Å². The monoisotopic (exact) mass is 435 g/mol. The first-order chi connectivity index (χ1) is 12.8. The minimum atomic E-state index is -3.38. The maximum absolute atomic E-state index is 12.5. The van der Waals surface area contributed by atoms with Gasteiger partial charge >= 0.3 is 0 Å². The van der Waals surface area contributed by atoms with E-state index in [0.29, 0.717) is 5.13 Å². The van der Waals surface area contributed by atoms with Crippen LogP contribution in [0.2, 0.25) is 0 Å². The Morgan fingerprint density at radius 1 is 1.07 bits per heavy atom. The Labute approximate surface area is 167 Å². The van der Waals surface area contributed by atoms with E-state index in [4.69, 9.17) is 0 Å². The number of nitrogens with zero attached hydrogens (tertiary/aromatic N) is 2. The molecule has 2 aromatic heterocycles. The quantitative estimate of drug-likeness (QED) is 0.481. The summed E-state index contributed by atoms with van der Waals surface area (Å²) in [4.78, 5) is 21.7. The summed E-state index contributed by atoms with van der Waals surface area (Å²) in [6.07, 6.45) is 3.10. The lowest BCUT2D eigenvalue weighted by Gasteiger charge is -2.03. The van der Waals surface area contributed by atoms with Gasteiger partial charge in [-0.3, -0.25) is 10.1 Å². The van der Waals surface area contributed by atoms with Crippen LogP contribution in [-0.4, -0.2) is 36.8 Å². The topological polar surface area (TPSA) is 89.0 Å². The molecular formula is C17H13N3O3S4. The Balaban J connectivity index is 1.68. The minimum absolute atomic E-state index is 0.107. The molecule has 0 radical (unpaired) electrons. The van der Waals surface area contributed by atoms with E-state index in [1.54, 1.807) is 35.2 Å². The predicted octanol–water partition coefficient (Wildman–Crippen LogP) is 4.28. The van der Waals surface area contributed by atoms with E-state index in [1.807, 2.05) is 18.4 Å². The van der Waals surface area contributed by atoms with E-state index in [0.717, 1.165) is 31.0 Å². The number of hydrogen-bond donors (Lipinski definition) is 1. The van der Waals surface area contributed by atoms with E-state index in [1.165, 1.54) is 23.5 Å². The van der Waals surface area contributed by atoms with Gasteiger partial charge in [0.15, 0.2) is 19.3 Å². The fraction of sp³-hybridized carbons (Fsp3) is 0.118. The predicted molar refractivity (Wildman–Crippen MR) is 112 cm³/mol. The van der Waals surface area contributed by atoms with Crippen molar-refractivity contribution in [2.75, 3.05) is 17.8 Å². The van der Waals surface area contributed by atoms with E-state index in [9.17, 15) is 13.2 Å². The lowest BCUT2D eigenvalue weighted by Crippen LogP contribution is -2.12. The van der Waals surface area contributed by atoms with Gasteiger partial charge in [0.25, 0.3) is 5.91 Å². The smallest absolute Gasteiger partial charge is 0.257 e. The van der Waals surface area contributed by atoms with Crippen LogP contribution in [-0.2, 0) is 9.84 Å². The molecule has 0 unspecified atom stereocenters. The van der Waals surface area contributed by atoms with Crippen LogP contribution in [0.1, 0.15) is 10.4 Å². The standard InChI is InChI=1S/C17H13N3O3S4/c1-24-17-19-12-7-6-11-13(14(12)26-17)25-16(18-11)20-15(21)9-4-3-5-10(8-9)27(2,22)23/h3-8H,1-2H3,(H,18,20,21). The van der Waals surface area contributed by atoms with Gasteiger partial charge in [-0.05, 0) is 36.6 Å². The van der Waals surface area contributed by atoms with Crippen LogP contribution in [0.3, 0.4) is 0 Å². The number of nitrogens with one attached hydrogen (secondary N) is 1. The summed E-state index contributed by atoms with van der Waals surface area (Å²) in [5, 5.41) is 3.23. The van der Waals surface area contributed by atoms with Gasteiger partial charge in [-0.25, -0.2) is 18.4 Å². The summed E-state index contributed by atoms with van der Waals surface area (Å²) >= 11 is 4.58. The number of hydrogen-bond acceptors (Lipinski definition) is 8. The highest BCUT2D eigenvalue weighted by Crippen LogP contribution is 2.38. The Morgan fingerprint density at radius 2 is 1.78 bits per heavy atom. The number of amides is 1. The number of benzene rings is 2. The fourth-order valence-corrected chi connectivity index (χ4v) is 5.85. The Bertz CT molecular complexity index is 1290. The molecule has 10 heteroatoms. The van der Waals surface area contributed by atoms with E-state index in [-0.39, 0.29) is 10.5 Å². The average Bonchev–Trinajstić information content (AvgIpc) is 3.23. The number of thioether (sulfide) groups is 1. The van der Waals surface area contributed by atoms with Gasteiger partial charge in [0.05, 0.1) is 25.3 Å². The second-order valence-electron chi connectivity index (χ2n) is 5.72. The maximum atomic E-state index is 12.5. The van der Waals surface area contributed by atoms with Crippen molar-refractivity contribution in [2.24, 2.45) is 0 Å². The zero-order valence-electron chi connectivity index (χ0n) is 14.2. The summed E-state index contributed by atoms with van der Waals surface area (Å²) in [7, 11) is -3.38. The molecule has 0 aliphatic heterocycles. The number of sulfone groups is 1. The number of rotatable bonds is 4. The first-order valence-electron chi connectivity index (χ1n) is 7.71. The van der Waals surface area contributed by atoms with Crippen LogP contribution in [0.4, 0.5) is 5.13 Å². The van der Waals surface area contributed by atoms with Crippen molar-refractivity contribution in [2.45, 2.75) is 9.24 Å². The van der Waals surface area contributed by atoms with Gasteiger partial charge in [0.1, 0.15) is 0 Å². The summed E-state index contributed by atoms with van der Waals surface area (Å²) in [5.74, 6) is -0.398. The van der Waals surface area contributed by atoms with Crippen LogP contribution in [0.5, 0.6) is 0 Å². The van der Waals surface area contributed by atoms with Crippen molar-refractivity contribution in [3.63, 3.8) is 0 Å². The average molecular weight is 436 g/mol. The van der Waals surface area contributed by atoms with Gasteiger partial charge < -0.3 is 0 Å². The van der Waals surface area contributed by atoms with Gasteiger partial charge in [-0.2, -0.15) is 0 Å². The number of fused-ring (bicyclic) bond motifs is 3. The van der Waals surface area contributed by atoms with E-state index in [2.05, 4.69) is 15.3 Å². The van der Waals surface area contributed by atoms with Crippen LogP contribution in [0, 0.1) is 0 Å². The first-order valence-corrected chi connectivity index (χ1v) is 12.5. The molecule has 4 aromatic rings. The lowest BCUT2D eigenvalue weighted by molar-refractivity contribution is 0.102. The molecule has 0 fully saturated rings. The fourth-order valence-electron chi connectivity index (χ4n) is 2.53. The van der Waals surface area contributed by atoms with Crippen molar-refractivity contribution in [3.8, 4) is 0 Å². The van der Waals surface area contributed by atoms with E-state index >= 15 is 0 Å². The highest BCUT2D eigenvalue weighted by Gasteiger charge is 2.15. The highest BCUT2D eigenvalue weighted by molar-refractivity contribution is 8.00. The number of aromatic nitrogens is 2. The number of carbonyl (C=O) groups is 1. The zero-order valence-corrected chi connectivity index (χ0v) is 17.5. The molecule has 2 heterocycles. The van der Waals surface area contributed by atoms with Crippen molar-refractivity contribution in [3.05, 3.63) is 42.0 Å². The normalized spacial score (nSPS) is 11.9. The van der Waals surface area contributed by atoms with Gasteiger partial charge in [0, 0.05) is 11.8 Å². The SMILES string of the molecule is CSc1nc2ccc3nc(NC(=O)c4cccc(S(C)(=O)=O)c4)sc3c2s1. The lowest BCUT2D eigenvalue weighted by atomic mass is 10.2. The second kappa shape index (κ2) is 6.86. The molecular weight excluding hydrogens is 422 g/mol. The first kappa shape index (κ1) is 18.4. The summed E-state index contributed by atoms with van der Waals surface area (Å²) < 4.78 is 26.4. The van der Waals surface area contributed by atoms with Gasteiger partial charge in [0.2, 0.25) is 0 Å². The summed E-state index contributed by atoms with van der Waals surface area (Å²) in [5.41, 5.74) is 1.98. The Kier molecular flexibility index (Phi) is 4.66. The largest absolute Gasteiger partial charge is 0.298 e. The molecule has 27 heavy (non-hydrogen) atoms. The Hall–Kier alpha value is -2.01. The summed E-state index contributed by atoms with van der Waals surface area (Å²) in [6.45, 7) is 0. The maximum Gasteiger partial charge on any atom is 0.257 e. The molecule has 1 N–H and O–H groups in total. The molecule has 6 nitrogen and oxygen atoms in total. The van der Waals surface area contributed by atoms with Crippen molar-refractivity contribution >= 4 is 75.7 Å². The molecule has 4 rings (SSSR count). The van der Waals surface area contributed by atoms with Crippen molar-refractivity contribution in [1.82, 2.24) is 9.97 Å². The summed E-state index contributed by atoms with van der Waals surface area (Å²) in [6, 6.07) is 9.77. The molecule has 1 amide bonds. The molecule has 0 spiro atoms. The van der Waals surface area contributed by atoms with Crippen LogP contribution in [0.15, 0.2) is 45.6 Å². The molecule has 138 valence electrons. The minimum Gasteiger partial charge on any atom is -0.298 e. The second-order valence-corrected chi connectivity index (χ2v) is 10.8. The third kappa shape index (κ3) is 3.57. The molecule has 0 saturated heterocycles. The van der Waals surface area contributed by atoms with E-state index < -0.39 is 15.7 Å². The molecule has 0 bridgehead atoms. The molecule has 0 atom stereocenters. The highest BCUT2D eigenvalue weighted by atomic mass is 32.2. The van der Waals surface area contributed by atoms with Gasteiger partial charge in [-0.15, -0.1) is 11.3 Å². The molecule has 0 aliphatic rings. The van der Waals surface area contributed by atoms with Crippen molar-refractivity contribution in [1.29, 1.82) is 0 Å². The molecule has 0 aliphatic carbocycles. The van der Waals surface area contributed by atoms with Gasteiger partial charge in [-0.1, -0.05) is 29.2 Å². The van der Waals surface area contributed by atoms with Crippen LogP contribution in [0.25, 0.3) is 20.4 Å². The third-order valence-corrected chi connectivity index (χ3v) is 8.13. The third-order valence-electron chi connectivity index (χ3n) is 3.81. The zero-order chi connectivity index (χ0) is 19.2. The number of anilines is 1. The Morgan fingerprint density at radius 3 is 2.48 bits per heavy atom. The number of thiazole rings is 2. The van der Waals surface area contributed by atoms with Crippen LogP contribution >= 0.6 is 34.4 Å². The van der Waals surface area contributed by atoms with Crippen LogP contribution < -0.4 is 5.32 Å². The molecule has 2 aromatic carbocycles. The number of carbonyl (C=O) groups excluding carboxylic acids is 1. The molecule has 0 saturated carbocycles.